The summed E-state index contributed by atoms with van der Waals surface area (Å²) < 4.78 is 0. The summed E-state index contributed by atoms with van der Waals surface area (Å²) in [5.41, 5.74) is 12.7. The molecule has 0 nitrogen and oxygen atoms in total. The molecule has 0 radical (unpaired) electrons. The molecule has 0 aliphatic rings. The second kappa shape index (κ2) is 11.8. The van der Waals surface area contributed by atoms with E-state index in [1.165, 1.54) is 77.2 Å². The largest absolute Gasteiger partial charge is 0.0622 e. The molecule has 0 bridgehead atoms. The predicted octanol–water partition coefficient (Wildman–Crippen LogP) is 12.3. The van der Waals surface area contributed by atoms with Crippen molar-refractivity contribution < 1.29 is 0 Å². The first-order chi connectivity index (χ1) is 22.3. The Balaban J connectivity index is 1.29. The third-order valence-corrected chi connectivity index (χ3v) is 8.97. The van der Waals surface area contributed by atoms with Gasteiger partial charge in [-0.05, 0) is 95.7 Å². The molecule has 8 aromatic carbocycles. The lowest BCUT2D eigenvalue weighted by molar-refractivity contribution is 1.23. The van der Waals surface area contributed by atoms with Crippen molar-refractivity contribution in [2.75, 3.05) is 0 Å². The molecule has 45 heavy (non-hydrogen) atoms. The van der Waals surface area contributed by atoms with Gasteiger partial charge in [0.2, 0.25) is 0 Å². The molecule has 0 amide bonds. The molecule has 0 saturated heterocycles. The van der Waals surface area contributed by atoms with Gasteiger partial charge in [-0.1, -0.05) is 170 Å². The van der Waals surface area contributed by atoms with Crippen LogP contribution in [0.15, 0.2) is 182 Å². The Morgan fingerprint density at radius 3 is 1.33 bits per heavy atom. The molecule has 0 unspecified atom stereocenters. The molecule has 212 valence electrons. The van der Waals surface area contributed by atoms with Crippen LogP contribution >= 0.6 is 0 Å². The van der Waals surface area contributed by atoms with E-state index in [4.69, 9.17) is 0 Å². The van der Waals surface area contributed by atoms with Gasteiger partial charge in [0.1, 0.15) is 0 Å². The second-order valence-corrected chi connectivity index (χ2v) is 11.7. The monoisotopic (exact) mass is 572 g/mol. The molecular formula is C45H32. The minimum absolute atomic E-state index is 0.860. The van der Waals surface area contributed by atoms with Crippen LogP contribution in [0.1, 0.15) is 11.1 Å². The maximum absolute atomic E-state index is 2.36. The molecule has 0 saturated carbocycles. The van der Waals surface area contributed by atoms with E-state index in [9.17, 15) is 0 Å². The lowest BCUT2D eigenvalue weighted by atomic mass is 9.84. The van der Waals surface area contributed by atoms with Crippen LogP contribution in [0.25, 0.3) is 66.1 Å². The van der Waals surface area contributed by atoms with E-state index in [2.05, 4.69) is 182 Å². The van der Waals surface area contributed by atoms with Gasteiger partial charge >= 0.3 is 0 Å². The minimum atomic E-state index is 0.860. The van der Waals surface area contributed by atoms with Crippen molar-refractivity contribution in [1.82, 2.24) is 0 Å². The van der Waals surface area contributed by atoms with Crippen molar-refractivity contribution in [3.8, 4) is 44.5 Å². The smallest absolute Gasteiger partial charge is 0.000728 e. The molecule has 0 N–H and O–H groups in total. The third-order valence-electron chi connectivity index (χ3n) is 8.97. The molecule has 0 heteroatoms. The van der Waals surface area contributed by atoms with E-state index in [1.54, 1.807) is 0 Å². The Kier molecular flexibility index (Phi) is 7.02. The van der Waals surface area contributed by atoms with Crippen molar-refractivity contribution in [2.24, 2.45) is 0 Å². The van der Waals surface area contributed by atoms with Gasteiger partial charge in [0.25, 0.3) is 0 Å². The zero-order chi connectivity index (χ0) is 30.0. The van der Waals surface area contributed by atoms with Crippen molar-refractivity contribution in [1.29, 1.82) is 0 Å². The molecular weight excluding hydrogens is 540 g/mol. The Bertz CT molecular complexity index is 2220. The zero-order valence-electron chi connectivity index (χ0n) is 25.0. The van der Waals surface area contributed by atoms with Crippen molar-refractivity contribution in [3.63, 3.8) is 0 Å². The van der Waals surface area contributed by atoms with Crippen molar-refractivity contribution in [3.05, 3.63) is 193 Å². The van der Waals surface area contributed by atoms with E-state index in [1.807, 2.05) is 0 Å². The normalized spacial score (nSPS) is 11.2. The third kappa shape index (κ3) is 5.11. The van der Waals surface area contributed by atoms with Crippen LogP contribution in [-0.2, 0) is 6.42 Å². The molecule has 0 aliphatic carbocycles. The highest BCUT2D eigenvalue weighted by atomic mass is 14.2. The molecule has 0 aromatic heterocycles. The lowest BCUT2D eigenvalue weighted by Crippen LogP contribution is -1.97. The topological polar surface area (TPSA) is 0 Å². The molecule has 0 aliphatic heterocycles. The summed E-state index contributed by atoms with van der Waals surface area (Å²) in [5, 5.41) is 5.20. The molecule has 0 fully saturated rings. The van der Waals surface area contributed by atoms with Crippen molar-refractivity contribution in [2.45, 2.75) is 6.42 Å². The number of hydrogen-bond donors (Lipinski definition) is 0. The Labute approximate surface area is 264 Å². The van der Waals surface area contributed by atoms with Gasteiger partial charge in [-0.15, -0.1) is 0 Å². The predicted molar refractivity (Wildman–Crippen MR) is 192 cm³/mol. The Morgan fingerprint density at radius 2 is 0.711 bits per heavy atom. The highest BCUT2D eigenvalue weighted by Crippen LogP contribution is 2.42. The van der Waals surface area contributed by atoms with E-state index in [0.29, 0.717) is 0 Å². The minimum Gasteiger partial charge on any atom is -0.0622 e. The summed E-state index contributed by atoms with van der Waals surface area (Å²) in [6.45, 7) is 0. The maximum Gasteiger partial charge on any atom is -0.000728 e. The van der Waals surface area contributed by atoms with Gasteiger partial charge in [-0.3, -0.25) is 0 Å². The van der Waals surface area contributed by atoms with Gasteiger partial charge in [-0.2, -0.15) is 0 Å². The first-order valence-corrected chi connectivity index (χ1v) is 15.7. The average molecular weight is 573 g/mol. The summed E-state index contributed by atoms with van der Waals surface area (Å²) in [5.74, 6) is 0. The summed E-state index contributed by atoms with van der Waals surface area (Å²) in [7, 11) is 0. The first kappa shape index (κ1) is 26.9. The number of benzene rings is 8. The van der Waals surface area contributed by atoms with E-state index >= 15 is 0 Å². The molecule has 0 spiro atoms. The van der Waals surface area contributed by atoms with Gasteiger partial charge < -0.3 is 0 Å². The van der Waals surface area contributed by atoms with Crippen LogP contribution in [-0.4, -0.2) is 0 Å². The first-order valence-electron chi connectivity index (χ1n) is 15.7. The molecule has 0 atom stereocenters. The number of rotatable bonds is 6. The SMILES string of the molecule is c1ccc(-c2cccc(-c3cccc(-c4c5ccccc5c(Cc5ccccc5-c5ccccc5)c5ccccc45)c3)c2)cc1. The van der Waals surface area contributed by atoms with Crippen LogP contribution in [0.4, 0.5) is 0 Å². The fourth-order valence-electron chi connectivity index (χ4n) is 6.85. The van der Waals surface area contributed by atoms with Crippen LogP contribution in [0.2, 0.25) is 0 Å². The number of hydrogen-bond acceptors (Lipinski definition) is 0. The average Bonchev–Trinajstić information content (AvgIpc) is 3.12. The second-order valence-electron chi connectivity index (χ2n) is 11.7. The summed E-state index contributed by atoms with van der Waals surface area (Å²) in [6.07, 6.45) is 0.860. The Hall–Kier alpha value is -5.72. The van der Waals surface area contributed by atoms with E-state index < -0.39 is 0 Å². The lowest BCUT2D eigenvalue weighted by Gasteiger charge is -2.19. The van der Waals surface area contributed by atoms with Crippen LogP contribution in [0.5, 0.6) is 0 Å². The Morgan fingerprint density at radius 1 is 0.289 bits per heavy atom. The molecule has 8 aromatic rings. The van der Waals surface area contributed by atoms with Gasteiger partial charge in [-0.25, -0.2) is 0 Å². The van der Waals surface area contributed by atoms with E-state index in [-0.39, 0.29) is 0 Å². The fraction of sp³-hybridized carbons (Fsp3) is 0.0222. The van der Waals surface area contributed by atoms with E-state index in [0.717, 1.165) is 6.42 Å². The highest BCUT2D eigenvalue weighted by molar-refractivity contribution is 6.15. The van der Waals surface area contributed by atoms with Gasteiger partial charge in [0.05, 0.1) is 0 Å². The quantitative estimate of drug-likeness (QED) is 0.174. The summed E-state index contributed by atoms with van der Waals surface area (Å²) in [4.78, 5) is 0. The summed E-state index contributed by atoms with van der Waals surface area (Å²) in [6, 6.07) is 66.1. The molecule has 0 heterocycles. The summed E-state index contributed by atoms with van der Waals surface area (Å²) >= 11 is 0. The fourth-order valence-corrected chi connectivity index (χ4v) is 6.85. The molecule has 8 rings (SSSR count). The van der Waals surface area contributed by atoms with Crippen LogP contribution in [0.3, 0.4) is 0 Å². The van der Waals surface area contributed by atoms with Gasteiger partial charge in [0.15, 0.2) is 0 Å². The highest BCUT2D eigenvalue weighted by Gasteiger charge is 2.17. The standard InChI is InChI=1S/C45H32/c1-3-15-32(16-4-1)34-20-13-21-35(29-34)36-22-14-23-38(30-36)45-42-27-11-9-25-40(42)44(41-26-10-12-28-43(41)45)31-37-19-7-8-24-39(37)33-17-5-2-6-18-33/h1-30H,31H2. The zero-order valence-corrected chi connectivity index (χ0v) is 25.0. The maximum atomic E-state index is 2.36. The van der Waals surface area contributed by atoms with Crippen LogP contribution in [0, 0.1) is 0 Å². The van der Waals surface area contributed by atoms with Crippen molar-refractivity contribution >= 4 is 21.5 Å². The van der Waals surface area contributed by atoms with Gasteiger partial charge in [0, 0.05) is 0 Å². The number of fused-ring (bicyclic) bond motifs is 2. The van der Waals surface area contributed by atoms with Crippen LogP contribution < -0.4 is 0 Å².